The average molecular weight is 635 g/mol. The SMILES string of the molecule is Cc1ccc(-n2nc(C(C)(C)C)cc2NC(=O)N[C@H]2CC[C@@H](Oc3ccc(=N)n(C(=N)[C@@H]4CCCN4C)c3)c3ccccc32)c(C)c1. The normalized spacial score (nSPS) is 19.7. The van der Waals surface area contributed by atoms with Crippen molar-refractivity contribution in [2.24, 2.45) is 0 Å². The van der Waals surface area contributed by atoms with Gasteiger partial charge in [-0.25, -0.2) is 9.48 Å². The number of nitrogens with zero attached hydrogens (tertiary/aromatic N) is 4. The molecule has 47 heavy (non-hydrogen) atoms. The third-order valence-electron chi connectivity index (χ3n) is 9.34. The number of aromatic nitrogens is 3. The van der Waals surface area contributed by atoms with Gasteiger partial charge < -0.3 is 10.1 Å². The molecular formula is C37H46N8O2. The van der Waals surface area contributed by atoms with Crippen LogP contribution < -0.4 is 20.9 Å². The molecule has 4 N–H and O–H groups in total. The number of likely N-dealkylation sites (N-methyl/N-ethyl adjacent to an activating group) is 1. The van der Waals surface area contributed by atoms with Crippen molar-refractivity contribution in [2.75, 3.05) is 18.9 Å². The Hall–Kier alpha value is -4.70. The molecule has 1 saturated heterocycles. The third kappa shape index (κ3) is 6.74. The molecule has 0 bridgehead atoms. The molecule has 0 spiro atoms. The van der Waals surface area contributed by atoms with E-state index < -0.39 is 0 Å². The van der Waals surface area contributed by atoms with Crippen molar-refractivity contribution in [1.29, 1.82) is 10.8 Å². The monoisotopic (exact) mass is 634 g/mol. The lowest BCUT2D eigenvalue weighted by Gasteiger charge is -2.32. The van der Waals surface area contributed by atoms with Crippen LogP contribution in [0.25, 0.3) is 5.69 Å². The summed E-state index contributed by atoms with van der Waals surface area (Å²) in [6.45, 7) is 11.4. The first kappa shape index (κ1) is 32.2. The van der Waals surface area contributed by atoms with Crippen LogP contribution in [0, 0.1) is 24.7 Å². The Morgan fingerprint density at radius 1 is 1.00 bits per heavy atom. The Balaban J connectivity index is 1.20. The lowest BCUT2D eigenvalue weighted by Crippen LogP contribution is -2.40. The summed E-state index contributed by atoms with van der Waals surface area (Å²) in [5.74, 6) is 1.63. The lowest BCUT2D eigenvalue weighted by molar-refractivity contribution is 0.171. The molecule has 1 fully saturated rings. The summed E-state index contributed by atoms with van der Waals surface area (Å²) in [6.07, 6.45) is 4.90. The predicted octanol–water partition coefficient (Wildman–Crippen LogP) is 6.76. The van der Waals surface area contributed by atoms with Gasteiger partial charge in [-0.1, -0.05) is 62.7 Å². The van der Waals surface area contributed by atoms with Crippen LogP contribution in [0.2, 0.25) is 0 Å². The molecule has 0 saturated carbocycles. The highest BCUT2D eigenvalue weighted by Gasteiger charge is 2.31. The maximum atomic E-state index is 13.6. The molecule has 0 unspecified atom stereocenters. The first-order valence-electron chi connectivity index (χ1n) is 16.5. The number of fused-ring (bicyclic) bond motifs is 1. The van der Waals surface area contributed by atoms with Gasteiger partial charge in [0.15, 0.2) is 0 Å². The van der Waals surface area contributed by atoms with Crippen LogP contribution in [-0.4, -0.2) is 50.7 Å². The van der Waals surface area contributed by atoms with E-state index >= 15 is 0 Å². The summed E-state index contributed by atoms with van der Waals surface area (Å²) < 4.78 is 9.98. The Morgan fingerprint density at radius 2 is 1.77 bits per heavy atom. The summed E-state index contributed by atoms with van der Waals surface area (Å²) in [5, 5.41) is 28.5. The molecule has 2 aliphatic rings. The second kappa shape index (κ2) is 12.8. The van der Waals surface area contributed by atoms with E-state index in [2.05, 4.69) is 68.4 Å². The Labute approximate surface area is 276 Å². The summed E-state index contributed by atoms with van der Waals surface area (Å²) in [4.78, 5) is 15.7. The lowest BCUT2D eigenvalue weighted by atomic mass is 9.85. The van der Waals surface area contributed by atoms with Crippen molar-refractivity contribution in [2.45, 2.75) is 83.9 Å². The van der Waals surface area contributed by atoms with Crippen LogP contribution >= 0.6 is 0 Å². The van der Waals surface area contributed by atoms with Gasteiger partial charge in [0.2, 0.25) is 0 Å². The highest BCUT2D eigenvalue weighted by Crippen LogP contribution is 2.39. The molecule has 246 valence electrons. The molecule has 2 amide bonds. The molecule has 1 aliphatic carbocycles. The van der Waals surface area contributed by atoms with Crippen LogP contribution in [0.15, 0.2) is 66.9 Å². The molecule has 4 aromatic rings. The zero-order valence-corrected chi connectivity index (χ0v) is 28.2. The van der Waals surface area contributed by atoms with Crippen LogP contribution in [0.3, 0.4) is 0 Å². The van der Waals surface area contributed by atoms with Gasteiger partial charge in [0.25, 0.3) is 0 Å². The number of carbonyl (C=O) groups is 1. The van der Waals surface area contributed by atoms with E-state index in [1.54, 1.807) is 22.9 Å². The van der Waals surface area contributed by atoms with Crippen LogP contribution in [-0.2, 0) is 5.41 Å². The van der Waals surface area contributed by atoms with Gasteiger partial charge in [-0.3, -0.25) is 25.6 Å². The van der Waals surface area contributed by atoms with Gasteiger partial charge in [-0.05, 0) is 88.0 Å². The zero-order chi connectivity index (χ0) is 33.5. The summed E-state index contributed by atoms with van der Waals surface area (Å²) in [7, 11) is 2.03. The van der Waals surface area contributed by atoms with E-state index in [0.717, 1.165) is 47.5 Å². The number of hydrogen-bond acceptors (Lipinski definition) is 6. The number of anilines is 1. The van der Waals surface area contributed by atoms with Gasteiger partial charge in [-0.2, -0.15) is 5.10 Å². The Kier molecular flexibility index (Phi) is 8.80. The molecular weight excluding hydrogens is 588 g/mol. The zero-order valence-electron chi connectivity index (χ0n) is 28.2. The first-order chi connectivity index (χ1) is 22.4. The first-order valence-corrected chi connectivity index (χ1v) is 16.5. The highest BCUT2D eigenvalue weighted by molar-refractivity contribution is 5.89. The van der Waals surface area contributed by atoms with Gasteiger partial charge in [0.05, 0.1) is 29.7 Å². The maximum absolute atomic E-state index is 13.6. The number of ether oxygens (including phenoxy) is 1. The largest absolute Gasteiger partial charge is 0.484 e. The van der Waals surface area contributed by atoms with Crippen molar-refractivity contribution in [3.8, 4) is 11.4 Å². The predicted molar refractivity (Wildman–Crippen MR) is 185 cm³/mol. The molecule has 3 heterocycles. The van der Waals surface area contributed by atoms with E-state index in [1.165, 1.54) is 5.56 Å². The molecule has 10 heteroatoms. The molecule has 2 aromatic carbocycles. The molecule has 6 rings (SSSR count). The molecule has 10 nitrogen and oxygen atoms in total. The quantitative estimate of drug-likeness (QED) is 0.138. The van der Waals surface area contributed by atoms with Crippen LogP contribution in [0.1, 0.15) is 86.5 Å². The van der Waals surface area contributed by atoms with Crippen molar-refractivity contribution in [1.82, 2.24) is 24.6 Å². The molecule has 1 aliphatic heterocycles. The van der Waals surface area contributed by atoms with E-state index in [4.69, 9.17) is 20.7 Å². The average Bonchev–Trinajstić information content (AvgIpc) is 3.65. The minimum absolute atomic E-state index is 0.00709. The van der Waals surface area contributed by atoms with Crippen molar-refractivity contribution in [3.63, 3.8) is 0 Å². The second-order valence-corrected chi connectivity index (χ2v) is 14.0. The number of likely N-dealkylation sites (tertiary alicyclic amines) is 1. The molecule has 3 atom stereocenters. The Bertz CT molecular complexity index is 1870. The van der Waals surface area contributed by atoms with E-state index in [1.807, 2.05) is 42.1 Å². The highest BCUT2D eigenvalue weighted by atomic mass is 16.5. The van der Waals surface area contributed by atoms with Crippen molar-refractivity contribution < 1.29 is 9.53 Å². The fourth-order valence-corrected chi connectivity index (χ4v) is 6.73. The third-order valence-corrected chi connectivity index (χ3v) is 9.34. The van der Waals surface area contributed by atoms with E-state index in [9.17, 15) is 4.79 Å². The smallest absolute Gasteiger partial charge is 0.320 e. The number of rotatable bonds is 6. The topological polar surface area (TPSA) is 124 Å². The fourth-order valence-electron chi connectivity index (χ4n) is 6.73. The number of carbonyl (C=O) groups excluding carboxylic acids is 1. The van der Waals surface area contributed by atoms with Crippen LogP contribution in [0.5, 0.6) is 5.75 Å². The number of aryl methyl sites for hydroxylation is 2. The van der Waals surface area contributed by atoms with E-state index in [-0.39, 0.29) is 35.1 Å². The van der Waals surface area contributed by atoms with Gasteiger partial charge in [-0.15, -0.1) is 0 Å². The maximum Gasteiger partial charge on any atom is 0.320 e. The van der Waals surface area contributed by atoms with Gasteiger partial charge in [0, 0.05) is 11.5 Å². The number of benzene rings is 2. The number of amides is 2. The second-order valence-electron chi connectivity index (χ2n) is 14.0. The number of pyridine rings is 1. The number of nitrogens with one attached hydrogen (secondary N) is 4. The molecule has 2 aromatic heterocycles. The minimum atomic E-state index is -0.294. The molecule has 0 radical (unpaired) electrons. The summed E-state index contributed by atoms with van der Waals surface area (Å²) >= 11 is 0. The minimum Gasteiger partial charge on any atom is -0.484 e. The standard InChI is InChI=1S/C37H46N8O2/c1-23-13-16-29(24(2)20-23)45-34(21-32(42-45)37(3,4)5)41-36(46)40-28-15-17-31(27-11-8-7-10-26(27)28)47-25-14-18-33(38)44(22-25)35(39)30-12-9-19-43(30)6/h7-8,10-11,13-14,16,18,20-22,28,30-31,38-39H,9,12,15,17,19H2,1-6H3,(H2,40,41,46)/t28-,30-,31+/m0/s1. The Morgan fingerprint density at radius 3 is 2.47 bits per heavy atom. The fraction of sp³-hybridized carbons (Fsp3) is 0.405. The van der Waals surface area contributed by atoms with Crippen molar-refractivity contribution >= 4 is 17.7 Å². The summed E-state index contributed by atoms with van der Waals surface area (Å²) in [5.41, 5.74) is 6.17. The van der Waals surface area contributed by atoms with Crippen LogP contribution in [0.4, 0.5) is 10.6 Å². The van der Waals surface area contributed by atoms with Gasteiger partial charge >= 0.3 is 6.03 Å². The summed E-state index contributed by atoms with van der Waals surface area (Å²) in [6, 6.07) is 19.2. The van der Waals surface area contributed by atoms with Crippen molar-refractivity contribution in [3.05, 3.63) is 100 Å². The number of hydrogen-bond donors (Lipinski definition) is 4. The number of urea groups is 1. The van der Waals surface area contributed by atoms with Gasteiger partial charge in [0.1, 0.15) is 29.0 Å². The van der Waals surface area contributed by atoms with E-state index in [0.29, 0.717) is 30.2 Å².